The molecular formula is C15H11F7N2O. The lowest BCUT2D eigenvalue weighted by atomic mass is 10.2. The number of hydrogen-bond donors (Lipinski definition) is 2. The van der Waals surface area contributed by atoms with Gasteiger partial charge in [0.25, 0.3) is 0 Å². The third-order valence-electron chi connectivity index (χ3n) is 2.73. The second kappa shape index (κ2) is 7.86. The second-order valence-electron chi connectivity index (χ2n) is 4.53. The molecule has 0 aliphatic heterocycles. The maximum atomic E-state index is 12.2. The van der Waals surface area contributed by atoms with Crippen molar-refractivity contribution in [1.82, 2.24) is 0 Å². The van der Waals surface area contributed by atoms with E-state index in [0.717, 1.165) is 24.3 Å². The van der Waals surface area contributed by atoms with Crippen molar-refractivity contribution in [1.29, 1.82) is 0 Å². The highest BCUT2D eigenvalue weighted by Crippen LogP contribution is 2.34. The van der Waals surface area contributed by atoms with Gasteiger partial charge in [-0.05, 0) is 24.3 Å². The van der Waals surface area contributed by atoms with Crippen LogP contribution in [0.15, 0.2) is 48.5 Å². The predicted molar refractivity (Wildman–Crippen MR) is 77.4 cm³/mol. The van der Waals surface area contributed by atoms with Crippen LogP contribution in [0.1, 0.15) is 11.1 Å². The Kier molecular flexibility index (Phi) is 6.37. The molecule has 0 atom stereocenters. The summed E-state index contributed by atoms with van der Waals surface area (Å²) >= 11 is 0. The minimum atomic E-state index is -4.61. The van der Waals surface area contributed by atoms with E-state index in [-0.39, 0.29) is 5.69 Å². The van der Waals surface area contributed by atoms with Gasteiger partial charge < -0.3 is 5.73 Å². The predicted octanol–water partition coefficient (Wildman–Crippen LogP) is 5.49. The van der Waals surface area contributed by atoms with E-state index in [1.165, 1.54) is 29.6 Å². The third kappa shape index (κ3) is 6.32. The Hall–Kier alpha value is -2.78. The molecule has 3 nitrogen and oxygen atoms in total. The molecule has 0 radical (unpaired) electrons. The molecule has 0 fully saturated rings. The number of nitrogens with two attached hydrogens (primary N) is 1. The van der Waals surface area contributed by atoms with Crippen LogP contribution in [0.2, 0.25) is 0 Å². The van der Waals surface area contributed by atoms with E-state index >= 15 is 0 Å². The molecule has 1 amide bonds. The fourth-order valence-corrected chi connectivity index (χ4v) is 1.70. The molecule has 25 heavy (non-hydrogen) atoms. The summed E-state index contributed by atoms with van der Waals surface area (Å²) in [4.78, 5) is 9.95. The number of benzene rings is 2. The molecule has 0 aliphatic rings. The van der Waals surface area contributed by atoms with Crippen LogP contribution in [0, 0.1) is 0 Å². The van der Waals surface area contributed by atoms with Crippen molar-refractivity contribution in [3.8, 4) is 0 Å². The van der Waals surface area contributed by atoms with Crippen LogP contribution in [-0.4, -0.2) is 6.16 Å². The highest BCUT2D eigenvalue weighted by atomic mass is 19.4. The van der Waals surface area contributed by atoms with Gasteiger partial charge in [0.15, 0.2) is 0 Å². The van der Waals surface area contributed by atoms with Crippen LogP contribution in [0.4, 0.5) is 46.9 Å². The van der Waals surface area contributed by atoms with Crippen molar-refractivity contribution in [3.05, 3.63) is 59.7 Å². The molecule has 10 heteroatoms. The molecule has 2 rings (SSSR count). The molecule has 0 aliphatic carbocycles. The van der Waals surface area contributed by atoms with Crippen LogP contribution in [0.5, 0.6) is 0 Å². The van der Waals surface area contributed by atoms with E-state index in [1.54, 1.807) is 0 Å². The molecule has 0 saturated heterocycles. The largest absolute Gasteiger partial charge is 0.418 e. The number of rotatable bonds is 1. The van der Waals surface area contributed by atoms with E-state index in [1.807, 2.05) is 0 Å². The number of anilines is 2. The van der Waals surface area contributed by atoms with Crippen molar-refractivity contribution >= 4 is 17.5 Å². The number of nitrogens with one attached hydrogen (secondary N) is 1. The lowest BCUT2D eigenvalue weighted by molar-refractivity contribution is -0.137. The average Bonchev–Trinajstić information content (AvgIpc) is 2.46. The summed E-state index contributed by atoms with van der Waals surface area (Å²) in [5.41, 5.74) is 2.40. The lowest BCUT2D eigenvalue weighted by Crippen LogP contribution is -2.12. The van der Waals surface area contributed by atoms with Crippen LogP contribution >= 0.6 is 0 Å². The molecule has 0 aromatic heterocycles. The highest BCUT2D eigenvalue weighted by Gasteiger charge is 2.33. The number of alkyl halides is 6. The number of para-hydroxylation sites is 2. The van der Waals surface area contributed by atoms with Gasteiger partial charge in [-0.25, -0.2) is 4.79 Å². The van der Waals surface area contributed by atoms with Crippen LogP contribution in [0.25, 0.3) is 0 Å². The zero-order valence-electron chi connectivity index (χ0n) is 12.3. The molecule has 0 unspecified atom stereocenters. The van der Waals surface area contributed by atoms with Gasteiger partial charge in [-0.2, -0.15) is 26.3 Å². The van der Waals surface area contributed by atoms with Gasteiger partial charge in [-0.1, -0.05) is 24.3 Å². The maximum Gasteiger partial charge on any atom is 0.418 e. The summed E-state index contributed by atoms with van der Waals surface area (Å²) in [7, 11) is 0. The molecule has 136 valence electrons. The van der Waals surface area contributed by atoms with Crippen molar-refractivity contribution < 1.29 is 35.5 Å². The Morgan fingerprint density at radius 3 is 1.64 bits per heavy atom. The topological polar surface area (TPSA) is 55.1 Å². The zero-order valence-corrected chi connectivity index (χ0v) is 12.3. The first-order valence-electron chi connectivity index (χ1n) is 6.47. The van der Waals surface area contributed by atoms with Gasteiger partial charge in [0.1, 0.15) is 0 Å². The zero-order chi connectivity index (χ0) is 19.3. The van der Waals surface area contributed by atoms with Gasteiger partial charge in [0.2, 0.25) is 0 Å². The van der Waals surface area contributed by atoms with Crippen molar-refractivity contribution in [2.24, 2.45) is 0 Å². The number of nitrogen functional groups attached to an aromatic ring is 1. The Morgan fingerprint density at radius 1 is 0.800 bits per heavy atom. The van der Waals surface area contributed by atoms with Crippen molar-refractivity contribution in [3.63, 3.8) is 0 Å². The standard InChI is InChI=1S/C8H5F4NO.C7H6F3N/c9-7(14)13-6-4-2-1-3-5(6)8(10,11)12;8-7(9,10)5-3-1-2-4-6(5)11/h1-4H,(H,13,14);1-4H,11H2. The van der Waals surface area contributed by atoms with Gasteiger partial charge in [0.05, 0.1) is 16.8 Å². The Bertz CT molecular complexity index is 726. The van der Waals surface area contributed by atoms with E-state index < -0.39 is 35.3 Å². The first kappa shape index (κ1) is 20.3. The Morgan fingerprint density at radius 2 is 1.24 bits per heavy atom. The van der Waals surface area contributed by atoms with Gasteiger partial charge in [-0.15, -0.1) is 4.39 Å². The fourth-order valence-electron chi connectivity index (χ4n) is 1.70. The molecule has 2 aromatic carbocycles. The average molecular weight is 368 g/mol. The summed E-state index contributed by atoms with van der Waals surface area (Å²) < 4.78 is 84.4. The number of halogens is 7. The maximum absolute atomic E-state index is 12.2. The highest BCUT2D eigenvalue weighted by molar-refractivity contribution is 5.84. The van der Waals surface area contributed by atoms with E-state index in [9.17, 15) is 35.5 Å². The molecular weight excluding hydrogens is 357 g/mol. The van der Waals surface area contributed by atoms with Crippen molar-refractivity contribution in [2.45, 2.75) is 12.4 Å². The molecule has 0 saturated carbocycles. The van der Waals surface area contributed by atoms with E-state index in [0.29, 0.717) is 0 Å². The van der Waals surface area contributed by atoms with Crippen LogP contribution in [0.3, 0.4) is 0 Å². The molecule has 3 N–H and O–H groups in total. The second-order valence-corrected chi connectivity index (χ2v) is 4.53. The smallest absolute Gasteiger partial charge is 0.398 e. The number of amides is 1. The summed E-state index contributed by atoms with van der Waals surface area (Å²) in [6.07, 6.45) is -11.0. The molecule has 0 bridgehead atoms. The first-order chi connectivity index (χ1) is 11.4. The lowest BCUT2D eigenvalue weighted by Gasteiger charge is -2.11. The summed E-state index contributed by atoms with van der Waals surface area (Å²) in [6.45, 7) is 0. The van der Waals surface area contributed by atoms with E-state index in [2.05, 4.69) is 0 Å². The number of hydrogen-bond acceptors (Lipinski definition) is 2. The van der Waals surface area contributed by atoms with Gasteiger partial charge in [-0.3, -0.25) is 5.32 Å². The summed E-state index contributed by atoms with van der Waals surface area (Å²) in [5, 5.41) is 1.45. The fraction of sp³-hybridized carbons (Fsp3) is 0.133. The minimum absolute atomic E-state index is 0.236. The number of carbonyl (C=O) groups excluding carboxylic acids is 1. The monoisotopic (exact) mass is 368 g/mol. The summed E-state index contributed by atoms with van der Waals surface area (Å²) in [6, 6.07) is 9.09. The molecule has 0 heterocycles. The minimum Gasteiger partial charge on any atom is -0.398 e. The normalized spacial score (nSPS) is 11.3. The Balaban J connectivity index is 0.000000257. The SMILES string of the molecule is Nc1ccccc1C(F)(F)F.O=C(F)Nc1ccccc1C(F)(F)F. The van der Waals surface area contributed by atoms with Crippen molar-refractivity contribution in [2.75, 3.05) is 11.1 Å². The first-order valence-corrected chi connectivity index (χ1v) is 6.47. The quantitative estimate of drug-likeness (QED) is 0.302. The van der Waals surface area contributed by atoms with Crippen LogP contribution < -0.4 is 11.1 Å². The van der Waals surface area contributed by atoms with Gasteiger partial charge >= 0.3 is 18.5 Å². The summed E-state index contributed by atoms with van der Waals surface area (Å²) in [5.74, 6) is 0. The Labute approximate surface area is 137 Å². The van der Waals surface area contributed by atoms with E-state index in [4.69, 9.17) is 5.73 Å². The number of carbonyl (C=O) groups is 1. The van der Waals surface area contributed by atoms with Gasteiger partial charge in [0, 0.05) is 5.69 Å². The third-order valence-corrected chi connectivity index (χ3v) is 2.73. The van der Waals surface area contributed by atoms with Crippen LogP contribution in [-0.2, 0) is 12.4 Å². The molecule has 0 spiro atoms. The molecule has 2 aromatic rings.